The Morgan fingerprint density at radius 1 is 0.875 bits per heavy atom. The van der Waals surface area contributed by atoms with Crippen LogP contribution in [0.1, 0.15) is 12.8 Å². The van der Waals surface area contributed by atoms with Gasteiger partial charge in [-0.1, -0.05) is 41.4 Å². The lowest BCUT2D eigenvalue weighted by atomic mass is 9.95. The summed E-state index contributed by atoms with van der Waals surface area (Å²) in [6.45, 7) is 5.05. The van der Waals surface area contributed by atoms with Gasteiger partial charge in [-0.3, -0.25) is 14.5 Å². The van der Waals surface area contributed by atoms with Gasteiger partial charge < -0.3 is 15.1 Å². The van der Waals surface area contributed by atoms with E-state index in [-0.39, 0.29) is 17.7 Å². The summed E-state index contributed by atoms with van der Waals surface area (Å²) in [6.07, 6.45) is 1.58. The lowest BCUT2D eigenvalue weighted by Crippen LogP contribution is -2.52. The summed E-state index contributed by atoms with van der Waals surface area (Å²) in [5.41, 5.74) is 1.84. The molecule has 2 heterocycles. The number of amides is 2. The lowest BCUT2D eigenvalue weighted by Gasteiger charge is -2.39. The number of nitrogens with zero attached hydrogens (tertiary/aromatic N) is 3. The number of carbonyl (C=O) groups is 2. The van der Waals surface area contributed by atoms with Gasteiger partial charge in [-0.15, -0.1) is 0 Å². The Labute approximate surface area is 199 Å². The number of hydrogen-bond donors (Lipinski definition) is 1. The highest BCUT2D eigenvalue weighted by atomic mass is 35.5. The lowest BCUT2D eigenvalue weighted by molar-refractivity contribution is -0.137. The van der Waals surface area contributed by atoms with Crippen LogP contribution in [0.15, 0.2) is 48.5 Å². The Kier molecular flexibility index (Phi) is 7.55. The maximum absolute atomic E-state index is 13.0. The van der Waals surface area contributed by atoms with Gasteiger partial charge in [-0.05, 0) is 56.3 Å². The van der Waals surface area contributed by atoms with Gasteiger partial charge in [0.1, 0.15) is 0 Å². The molecule has 2 fully saturated rings. The SMILES string of the molecule is O=C(CN1CCC(C(=O)N2CCN(c3ccccc3)CC2)CC1)Nc1ccc(Cl)c(Cl)c1. The molecule has 0 aliphatic carbocycles. The maximum atomic E-state index is 13.0. The van der Waals surface area contributed by atoms with Gasteiger partial charge in [0, 0.05) is 43.5 Å². The molecule has 2 aliphatic rings. The Morgan fingerprint density at radius 2 is 1.56 bits per heavy atom. The van der Waals surface area contributed by atoms with Crippen LogP contribution in [0.3, 0.4) is 0 Å². The maximum Gasteiger partial charge on any atom is 0.238 e. The van der Waals surface area contributed by atoms with Crippen molar-refractivity contribution in [2.24, 2.45) is 5.92 Å². The van der Waals surface area contributed by atoms with E-state index in [9.17, 15) is 9.59 Å². The molecule has 2 aromatic rings. The Bertz CT molecular complexity index is 940. The van der Waals surface area contributed by atoms with Crippen LogP contribution in [0.4, 0.5) is 11.4 Å². The second-order valence-electron chi connectivity index (χ2n) is 8.38. The minimum Gasteiger partial charge on any atom is -0.368 e. The topological polar surface area (TPSA) is 55.9 Å². The van der Waals surface area contributed by atoms with Crippen molar-refractivity contribution in [3.8, 4) is 0 Å². The summed E-state index contributed by atoms with van der Waals surface area (Å²) in [5, 5.41) is 3.72. The van der Waals surface area contributed by atoms with Gasteiger partial charge in [0.15, 0.2) is 0 Å². The third-order valence-corrected chi connectivity index (χ3v) is 6.96. The number of carbonyl (C=O) groups excluding carboxylic acids is 2. The average molecular weight is 475 g/mol. The molecule has 32 heavy (non-hydrogen) atoms. The normalized spacial score (nSPS) is 17.9. The Balaban J connectivity index is 1.20. The van der Waals surface area contributed by atoms with Crippen LogP contribution in [-0.2, 0) is 9.59 Å². The zero-order chi connectivity index (χ0) is 22.5. The van der Waals surface area contributed by atoms with Crippen molar-refractivity contribution in [1.29, 1.82) is 0 Å². The fourth-order valence-electron chi connectivity index (χ4n) is 4.40. The van der Waals surface area contributed by atoms with Crippen molar-refractivity contribution in [3.05, 3.63) is 58.6 Å². The van der Waals surface area contributed by atoms with Crippen LogP contribution in [0.2, 0.25) is 10.0 Å². The summed E-state index contributed by atoms with van der Waals surface area (Å²) >= 11 is 11.9. The Hall–Kier alpha value is -2.28. The van der Waals surface area contributed by atoms with E-state index in [4.69, 9.17) is 23.2 Å². The Morgan fingerprint density at radius 3 is 2.22 bits per heavy atom. The quantitative estimate of drug-likeness (QED) is 0.711. The average Bonchev–Trinajstić information content (AvgIpc) is 2.82. The van der Waals surface area contributed by atoms with Crippen molar-refractivity contribution in [1.82, 2.24) is 9.80 Å². The van der Waals surface area contributed by atoms with Gasteiger partial charge in [0.25, 0.3) is 0 Å². The molecule has 2 aromatic carbocycles. The number of nitrogens with one attached hydrogen (secondary N) is 1. The number of benzene rings is 2. The summed E-state index contributed by atoms with van der Waals surface area (Å²) in [5.74, 6) is 0.218. The number of halogens is 2. The predicted octanol–water partition coefficient (Wildman–Crippen LogP) is 3.99. The third kappa shape index (κ3) is 5.74. The first-order valence-corrected chi connectivity index (χ1v) is 11.8. The monoisotopic (exact) mass is 474 g/mol. The van der Waals surface area contributed by atoms with Crippen molar-refractivity contribution < 1.29 is 9.59 Å². The number of anilines is 2. The summed E-state index contributed by atoms with van der Waals surface area (Å²) in [6, 6.07) is 15.4. The molecule has 0 saturated carbocycles. The van der Waals surface area contributed by atoms with E-state index < -0.39 is 0 Å². The zero-order valence-corrected chi connectivity index (χ0v) is 19.5. The molecule has 2 amide bonds. The number of para-hydroxylation sites is 1. The molecule has 170 valence electrons. The van der Waals surface area contributed by atoms with Crippen LogP contribution in [0.5, 0.6) is 0 Å². The second kappa shape index (κ2) is 10.6. The van der Waals surface area contributed by atoms with E-state index in [0.717, 1.165) is 52.1 Å². The first-order chi connectivity index (χ1) is 15.5. The molecule has 0 spiro atoms. The van der Waals surface area contributed by atoms with E-state index in [1.165, 1.54) is 5.69 Å². The van der Waals surface area contributed by atoms with E-state index in [1.54, 1.807) is 18.2 Å². The number of rotatable bonds is 5. The molecule has 8 heteroatoms. The highest BCUT2D eigenvalue weighted by molar-refractivity contribution is 6.42. The number of likely N-dealkylation sites (tertiary alicyclic amines) is 1. The summed E-state index contributed by atoms with van der Waals surface area (Å²) < 4.78 is 0. The van der Waals surface area contributed by atoms with Gasteiger partial charge in [-0.2, -0.15) is 0 Å². The van der Waals surface area contributed by atoms with Crippen LogP contribution >= 0.6 is 23.2 Å². The van der Waals surface area contributed by atoms with Gasteiger partial charge in [0.2, 0.25) is 11.8 Å². The van der Waals surface area contributed by atoms with Crippen molar-refractivity contribution >= 4 is 46.4 Å². The molecule has 2 saturated heterocycles. The standard InChI is InChI=1S/C24H28Cl2N4O2/c25-21-7-6-19(16-22(21)26)27-23(31)17-28-10-8-18(9-11-28)24(32)30-14-12-29(13-15-30)20-4-2-1-3-5-20/h1-7,16,18H,8-15,17H2,(H,27,31). The largest absolute Gasteiger partial charge is 0.368 e. The first kappa shape index (κ1) is 22.9. The number of piperazine rings is 1. The fraction of sp³-hybridized carbons (Fsp3) is 0.417. The highest BCUT2D eigenvalue weighted by Crippen LogP contribution is 2.25. The molecule has 4 rings (SSSR count). The molecule has 2 aliphatic heterocycles. The van der Waals surface area contributed by atoms with Gasteiger partial charge >= 0.3 is 0 Å². The molecule has 0 unspecified atom stereocenters. The van der Waals surface area contributed by atoms with Crippen LogP contribution in [0, 0.1) is 5.92 Å². The molecule has 0 radical (unpaired) electrons. The minimum atomic E-state index is -0.0924. The number of hydrogen-bond acceptors (Lipinski definition) is 4. The first-order valence-electron chi connectivity index (χ1n) is 11.1. The molecule has 6 nitrogen and oxygen atoms in total. The van der Waals surface area contributed by atoms with Crippen LogP contribution in [-0.4, -0.2) is 67.4 Å². The van der Waals surface area contributed by atoms with Gasteiger partial charge in [0.05, 0.1) is 16.6 Å². The molecule has 0 aromatic heterocycles. The molecular formula is C24H28Cl2N4O2. The summed E-state index contributed by atoms with van der Waals surface area (Å²) in [4.78, 5) is 31.8. The molecular weight excluding hydrogens is 447 g/mol. The van der Waals surface area contributed by atoms with Crippen LogP contribution < -0.4 is 10.2 Å². The highest BCUT2D eigenvalue weighted by Gasteiger charge is 2.31. The van der Waals surface area contributed by atoms with E-state index in [1.807, 2.05) is 23.1 Å². The number of piperidine rings is 1. The van der Waals surface area contributed by atoms with E-state index in [0.29, 0.717) is 22.3 Å². The predicted molar refractivity (Wildman–Crippen MR) is 129 cm³/mol. The van der Waals surface area contributed by atoms with Gasteiger partial charge in [-0.25, -0.2) is 0 Å². The minimum absolute atomic E-state index is 0.0488. The van der Waals surface area contributed by atoms with E-state index >= 15 is 0 Å². The zero-order valence-electron chi connectivity index (χ0n) is 18.0. The van der Waals surface area contributed by atoms with Crippen molar-refractivity contribution in [2.45, 2.75) is 12.8 Å². The van der Waals surface area contributed by atoms with Crippen molar-refractivity contribution in [3.63, 3.8) is 0 Å². The molecule has 1 N–H and O–H groups in total. The summed E-state index contributed by atoms with van der Waals surface area (Å²) in [7, 11) is 0. The fourth-order valence-corrected chi connectivity index (χ4v) is 4.70. The third-order valence-electron chi connectivity index (χ3n) is 6.22. The van der Waals surface area contributed by atoms with Crippen molar-refractivity contribution in [2.75, 3.05) is 56.0 Å². The molecule has 0 bridgehead atoms. The van der Waals surface area contributed by atoms with E-state index in [2.05, 4.69) is 27.2 Å². The smallest absolute Gasteiger partial charge is 0.238 e. The second-order valence-corrected chi connectivity index (χ2v) is 9.19. The molecule has 0 atom stereocenters. The van der Waals surface area contributed by atoms with Crippen LogP contribution in [0.25, 0.3) is 0 Å².